The van der Waals surface area contributed by atoms with E-state index in [1.54, 1.807) is 0 Å². The van der Waals surface area contributed by atoms with Crippen LogP contribution in [0.15, 0.2) is 6.07 Å². The summed E-state index contributed by atoms with van der Waals surface area (Å²) >= 11 is 0. The van der Waals surface area contributed by atoms with Crippen LogP contribution in [0, 0.1) is 12.8 Å². The summed E-state index contributed by atoms with van der Waals surface area (Å²) in [6, 6.07) is 2.06. The van der Waals surface area contributed by atoms with Crippen molar-refractivity contribution in [3.63, 3.8) is 0 Å². The molecule has 1 fully saturated rings. The molecule has 1 aliphatic carbocycles. The van der Waals surface area contributed by atoms with Gasteiger partial charge in [-0.05, 0) is 74.9 Å². The lowest BCUT2D eigenvalue weighted by atomic mass is 9.76. The molecule has 0 radical (unpaired) electrons. The van der Waals surface area contributed by atoms with Crippen LogP contribution in [0.3, 0.4) is 0 Å². The van der Waals surface area contributed by atoms with E-state index < -0.39 is 0 Å². The zero-order valence-electron chi connectivity index (χ0n) is 14.5. The molecular weight excluding hydrogens is 300 g/mol. The maximum absolute atomic E-state index is 13.3. The highest BCUT2D eigenvalue weighted by atomic mass is 16.1. The number of Topliss-reactive ketones (excluding diaryl/α,β-unsaturated/α-hetero) is 1. The van der Waals surface area contributed by atoms with Gasteiger partial charge in [0.05, 0.1) is 0 Å². The summed E-state index contributed by atoms with van der Waals surface area (Å²) in [5, 5.41) is 2.97. The van der Waals surface area contributed by atoms with E-state index >= 15 is 0 Å². The number of likely N-dealkylation sites (tertiary alicyclic amines) is 1. The van der Waals surface area contributed by atoms with Crippen molar-refractivity contribution in [2.45, 2.75) is 51.9 Å². The van der Waals surface area contributed by atoms with Gasteiger partial charge in [-0.2, -0.15) is 0 Å². The fourth-order valence-corrected chi connectivity index (χ4v) is 4.63. The van der Waals surface area contributed by atoms with Crippen LogP contribution in [0.4, 0.5) is 5.69 Å². The van der Waals surface area contributed by atoms with E-state index in [9.17, 15) is 9.59 Å². The summed E-state index contributed by atoms with van der Waals surface area (Å²) in [5.41, 5.74) is 5.27. The number of nitrogens with one attached hydrogen (secondary N) is 1. The van der Waals surface area contributed by atoms with Crippen LogP contribution in [-0.4, -0.2) is 36.2 Å². The lowest BCUT2D eigenvalue weighted by molar-refractivity contribution is -0.116. The summed E-state index contributed by atoms with van der Waals surface area (Å²) in [6.07, 6.45) is 7.00. The minimum Gasteiger partial charge on any atom is -0.326 e. The van der Waals surface area contributed by atoms with Crippen molar-refractivity contribution in [3.8, 4) is 0 Å². The van der Waals surface area contributed by atoms with E-state index in [1.165, 1.54) is 24.8 Å². The maximum Gasteiger partial charge on any atom is 0.224 e. The fourth-order valence-electron chi connectivity index (χ4n) is 4.63. The van der Waals surface area contributed by atoms with Crippen LogP contribution in [0.2, 0.25) is 0 Å². The Bertz CT molecular complexity index is 689. The number of nitrogens with zero attached hydrogens (tertiary/aromatic N) is 1. The van der Waals surface area contributed by atoms with E-state index in [4.69, 9.17) is 0 Å². The highest BCUT2D eigenvalue weighted by Crippen LogP contribution is 2.37. The Kier molecular flexibility index (Phi) is 4.17. The van der Waals surface area contributed by atoms with E-state index in [-0.39, 0.29) is 11.8 Å². The number of benzene rings is 1. The number of fused-ring (bicyclic) bond motifs is 3. The van der Waals surface area contributed by atoms with E-state index in [0.29, 0.717) is 18.6 Å². The van der Waals surface area contributed by atoms with Crippen LogP contribution >= 0.6 is 0 Å². The molecule has 4 rings (SSSR count). The van der Waals surface area contributed by atoms with E-state index in [2.05, 4.69) is 23.2 Å². The highest BCUT2D eigenvalue weighted by molar-refractivity contribution is 6.05. The van der Waals surface area contributed by atoms with Gasteiger partial charge in [0.1, 0.15) is 0 Å². The molecule has 0 spiro atoms. The molecule has 1 saturated heterocycles. The van der Waals surface area contributed by atoms with Crippen LogP contribution in [-0.2, 0) is 17.6 Å². The van der Waals surface area contributed by atoms with Crippen LogP contribution in [0.5, 0.6) is 0 Å². The Morgan fingerprint density at radius 2 is 1.88 bits per heavy atom. The molecule has 1 amide bonds. The Morgan fingerprint density at radius 1 is 1.08 bits per heavy atom. The van der Waals surface area contributed by atoms with Crippen molar-refractivity contribution >= 4 is 17.4 Å². The van der Waals surface area contributed by atoms with Crippen molar-refractivity contribution in [2.75, 3.05) is 25.0 Å². The molecule has 1 unspecified atom stereocenters. The van der Waals surface area contributed by atoms with Gasteiger partial charge in [0.2, 0.25) is 5.91 Å². The molecular formula is C20H26N2O2. The lowest BCUT2D eigenvalue weighted by Gasteiger charge is -2.34. The topological polar surface area (TPSA) is 49.4 Å². The molecule has 24 heavy (non-hydrogen) atoms. The van der Waals surface area contributed by atoms with Gasteiger partial charge < -0.3 is 10.2 Å². The Morgan fingerprint density at radius 3 is 2.67 bits per heavy atom. The van der Waals surface area contributed by atoms with Crippen LogP contribution in [0.1, 0.15) is 59.2 Å². The smallest absolute Gasteiger partial charge is 0.224 e. The quantitative estimate of drug-likeness (QED) is 0.908. The van der Waals surface area contributed by atoms with Crippen molar-refractivity contribution in [1.82, 2.24) is 4.90 Å². The molecule has 1 aromatic carbocycles. The van der Waals surface area contributed by atoms with Crippen molar-refractivity contribution in [2.24, 2.45) is 5.92 Å². The molecule has 2 aliphatic heterocycles. The average Bonchev–Trinajstić information content (AvgIpc) is 2.58. The molecule has 1 N–H and O–H groups in total. The lowest BCUT2D eigenvalue weighted by Crippen LogP contribution is -2.39. The molecule has 1 aromatic rings. The summed E-state index contributed by atoms with van der Waals surface area (Å²) in [6.45, 7) is 5.25. The summed E-state index contributed by atoms with van der Waals surface area (Å²) in [4.78, 5) is 27.4. The second-order valence-corrected chi connectivity index (χ2v) is 7.58. The third kappa shape index (κ3) is 2.77. The first-order chi connectivity index (χ1) is 11.6. The summed E-state index contributed by atoms with van der Waals surface area (Å²) in [7, 11) is 0. The number of piperidine rings is 1. The summed E-state index contributed by atoms with van der Waals surface area (Å²) in [5.74, 6) is 0.507. The number of aryl methyl sites for hydroxylation is 1. The van der Waals surface area contributed by atoms with E-state index in [1.807, 2.05) is 0 Å². The largest absolute Gasteiger partial charge is 0.326 e. The molecule has 1 atom stereocenters. The Hall–Kier alpha value is -1.68. The zero-order chi connectivity index (χ0) is 16.7. The van der Waals surface area contributed by atoms with Gasteiger partial charge in [0.25, 0.3) is 0 Å². The normalized spacial score (nSPS) is 24.3. The van der Waals surface area contributed by atoms with Crippen molar-refractivity contribution in [3.05, 3.63) is 28.3 Å². The van der Waals surface area contributed by atoms with Gasteiger partial charge in [-0.25, -0.2) is 0 Å². The van der Waals surface area contributed by atoms with E-state index in [0.717, 1.165) is 54.9 Å². The zero-order valence-corrected chi connectivity index (χ0v) is 14.5. The number of carbonyl (C=O) groups is 2. The van der Waals surface area contributed by atoms with Crippen molar-refractivity contribution < 1.29 is 9.59 Å². The minimum atomic E-state index is 0.0648. The van der Waals surface area contributed by atoms with Crippen molar-refractivity contribution in [1.29, 1.82) is 0 Å². The highest BCUT2D eigenvalue weighted by Gasteiger charge is 2.34. The minimum absolute atomic E-state index is 0.0648. The van der Waals surface area contributed by atoms with Gasteiger partial charge in [0, 0.05) is 30.1 Å². The predicted octanol–water partition coefficient (Wildman–Crippen LogP) is 3.11. The first-order valence-electron chi connectivity index (χ1n) is 9.35. The fraction of sp³-hybridized carbons (Fsp3) is 0.600. The first kappa shape index (κ1) is 15.8. The Balaban J connectivity index is 1.64. The number of hydrogen-bond donors (Lipinski definition) is 1. The van der Waals surface area contributed by atoms with Crippen LogP contribution < -0.4 is 5.32 Å². The standard InChI is InChI=1S/C20H26N2O2/c1-13-11-17-16(7-8-18(23)21-17)19-15(13)6-5-14(20(19)24)12-22-9-3-2-4-10-22/h11,14H,2-10,12H2,1H3,(H,21,23). The first-order valence-corrected chi connectivity index (χ1v) is 9.35. The third-order valence-electron chi connectivity index (χ3n) is 5.93. The average molecular weight is 326 g/mol. The molecule has 2 heterocycles. The molecule has 0 aromatic heterocycles. The van der Waals surface area contributed by atoms with Gasteiger partial charge >= 0.3 is 0 Å². The van der Waals surface area contributed by atoms with Gasteiger partial charge in [0.15, 0.2) is 5.78 Å². The molecule has 0 bridgehead atoms. The van der Waals surface area contributed by atoms with Crippen LogP contribution in [0.25, 0.3) is 0 Å². The second kappa shape index (κ2) is 6.32. The predicted molar refractivity (Wildman–Crippen MR) is 94.6 cm³/mol. The molecule has 128 valence electrons. The monoisotopic (exact) mass is 326 g/mol. The summed E-state index contributed by atoms with van der Waals surface area (Å²) < 4.78 is 0. The molecule has 4 nitrogen and oxygen atoms in total. The number of rotatable bonds is 2. The number of ketones is 1. The van der Waals surface area contributed by atoms with Gasteiger partial charge in [-0.3, -0.25) is 9.59 Å². The molecule has 4 heteroatoms. The van der Waals surface area contributed by atoms with Gasteiger partial charge in [-0.15, -0.1) is 0 Å². The van der Waals surface area contributed by atoms with Gasteiger partial charge in [-0.1, -0.05) is 6.42 Å². The molecule has 0 saturated carbocycles. The number of carbonyl (C=O) groups excluding carboxylic acids is 2. The Labute approximate surface area is 143 Å². The SMILES string of the molecule is Cc1cc2c(c3c1CCC(CN1CCCCC1)C3=O)CCC(=O)N2. The second-order valence-electron chi connectivity index (χ2n) is 7.58. The maximum atomic E-state index is 13.3. The number of amides is 1. The number of hydrogen-bond acceptors (Lipinski definition) is 3. The number of anilines is 1. The molecule has 3 aliphatic rings. The third-order valence-corrected chi connectivity index (χ3v) is 5.93.